The predicted octanol–water partition coefficient (Wildman–Crippen LogP) is 2.23. The highest BCUT2D eigenvalue weighted by atomic mass is 16.4. The van der Waals surface area contributed by atoms with Crippen molar-refractivity contribution in [1.82, 2.24) is 9.55 Å². The summed E-state index contributed by atoms with van der Waals surface area (Å²) in [6, 6.07) is 3.66. The van der Waals surface area contributed by atoms with Gasteiger partial charge in [-0.1, -0.05) is 6.08 Å². The highest BCUT2D eigenvalue weighted by Crippen LogP contribution is 2.23. The van der Waals surface area contributed by atoms with Gasteiger partial charge in [0.2, 0.25) is 0 Å². The van der Waals surface area contributed by atoms with E-state index in [0.717, 1.165) is 11.0 Å². The zero-order chi connectivity index (χ0) is 11.7. The van der Waals surface area contributed by atoms with Gasteiger partial charge in [0.25, 0.3) is 0 Å². The van der Waals surface area contributed by atoms with Crippen molar-refractivity contribution in [3.05, 3.63) is 42.2 Å². The lowest BCUT2D eigenvalue weighted by atomic mass is 10.2. The molecule has 4 nitrogen and oxygen atoms in total. The van der Waals surface area contributed by atoms with Crippen LogP contribution < -0.4 is 0 Å². The van der Waals surface area contributed by atoms with Gasteiger partial charge in [-0.2, -0.15) is 0 Å². The molecule has 0 saturated carbocycles. The van der Waals surface area contributed by atoms with Gasteiger partial charge in [-0.25, -0.2) is 4.79 Å². The molecular weight excluding hydrogens is 204 g/mol. The second-order valence-electron chi connectivity index (χ2n) is 3.55. The fourth-order valence-corrected chi connectivity index (χ4v) is 1.93. The molecular formula is C12H12N2O2. The Hall–Kier alpha value is -2.10. The summed E-state index contributed by atoms with van der Waals surface area (Å²) in [6.07, 6.45) is 3.34. The molecule has 0 aliphatic heterocycles. The third kappa shape index (κ3) is 1.39. The molecule has 2 aromatic rings. The van der Waals surface area contributed by atoms with E-state index in [4.69, 9.17) is 0 Å². The zero-order valence-electron chi connectivity index (χ0n) is 8.97. The first kappa shape index (κ1) is 10.4. The second-order valence-corrected chi connectivity index (χ2v) is 3.55. The van der Waals surface area contributed by atoms with E-state index in [-0.39, 0.29) is 5.69 Å². The molecule has 0 spiro atoms. The summed E-state index contributed by atoms with van der Waals surface area (Å²) in [5, 5.41) is 9.19. The molecule has 0 bridgehead atoms. The molecule has 2 aromatic heterocycles. The van der Waals surface area contributed by atoms with Crippen LogP contribution in [0.25, 0.3) is 11.0 Å². The van der Waals surface area contributed by atoms with Crippen LogP contribution in [-0.2, 0) is 6.54 Å². The molecule has 0 aromatic carbocycles. The summed E-state index contributed by atoms with van der Waals surface area (Å²) in [4.78, 5) is 15.4. The van der Waals surface area contributed by atoms with E-state index in [2.05, 4.69) is 11.6 Å². The third-order valence-electron chi connectivity index (χ3n) is 2.57. The largest absolute Gasteiger partial charge is 0.477 e. The Balaban J connectivity index is 2.85. The maximum Gasteiger partial charge on any atom is 0.352 e. The number of carboxylic acid groups (broad SMARTS) is 1. The van der Waals surface area contributed by atoms with Gasteiger partial charge in [0.05, 0.1) is 11.0 Å². The minimum atomic E-state index is -0.933. The second kappa shape index (κ2) is 3.81. The summed E-state index contributed by atoms with van der Waals surface area (Å²) < 4.78 is 1.72. The van der Waals surface area contributed by atoms with Gasteiger partial charge < -0.3 is 9.67 Å². The van der Waals surface area contributed by atoms with Crippen molar-refractivity contribution in [2.45, 2.75) is 13.5 Å². The fraction of sp³-hybridized carbons (Fsp3) is 0.167. The molecule has 0 amide bonds. The van der Waals surface area contributed by atoms with Crippen molar-refractivity contribution < 1.29 is 9.90 Å². The summed E-state index contributed by atoms with van der Waals surface area (Å²) in [5.41, 5.74) is 2.55. The van der Waals surface area contributed by atoms with Crippen LogP contribution in [0, 0.1) is 6.92 Å². The van der Waals surface area contributed by atoms with Crippen LogP contribution in [0.5, 0.6) is 0 Å². The Kier molecular flexibility index (Phi) is 2.48. The van der Waals surface area contributed by atoms with Gasteiger partial charge in [0, 0.05) is 18.3 Å². The smallest absolute Gasteiger partial charge is 0.352 e. The van der Waals surface area contributed by atoms with Crippen LogP contribution in [0.4, 0.5) is 0 Å². The number of allylic oxidation sites excluding steroid dienone is 1. The van der Waals surface area contributed by atoms with Gasteiger partial charge in [-0.05, 0) is 19.1 Å². The molecule has 0 unspecified atom stereocenters. The van der Waals surface area contributed by atoms with E-state index in [9.17, 15) is 9.90 Å². The Morgan fingerprint density at radius 1 is 1.69 bits per heavy atom. The van der Waals surface area contributed by atoms with Crippen LogP contribution >= 0.6 is 0 Å². The minimum absolute atomic E-state index is 0.286. The van der Waals surface area contributed by atoms with E-state index in [0.29, 0.717) is 12.1 Å². The van der Waals surface area contributed by atoms with Crippen molar-refractivity contribution in [1.29, 1.82) is 0 Å². The van der Waals surface area contributed by atoms with Crippen molar-refractivity contribution in [3.8, 4) is 0 Å². The molecule has 0 fully saturated rings. The van der Waals surface area contributed by atoms with Crippen LogP contribution in [-0.4, -0.2) is 20.6 Å². The molecule has 0 saturated heterocycles. The fourth-order valence-electron chi connectivity index (χ4n) is 1.93. The van der Waals surface area contributed by atoms with Gasteiger partial charge in [0.1, 0.15) is 5.69 Å². The van der Waals surface area contributed by atoms with Crippen molar-refractivity contribution in [2.24, 2.45) is 0 Å². The number of aromatic carboxylic acids is 1. The lowest BCUT2D eigenvalue weighted by molar-refractivity contribution is 0.0685. The van der Waals surface area contributed by atoms with E-state index >= 15 is 0 Å². The normalized spacial score (nSPS) is 10.6. The number of hydrogen-bond acceptors (Lipinski definition) is 2. The Morgan fingerprint density at radius 2 is 2.44 bits per heavy atom. The number of aryl methyl sites for hydroxylation is 1. The average Bonchev–Trinajstić information content (AvgIpc) is 2.54. The van der Waals surface area contributed by atoms with E-state index in [1.807, 2.05) is 6.07 Å². The van der Waals surface area contributed by atoms with E-state index < -0.39 is 5.97 Å². The maximum atomic E-state index is 11.2. The van der Waals surface area contributed by atoms with Crippen LogP contribution in [0.1, 0.15) is 16.1 Å². The highest BCUT2D eigenvalue weighted by Gasteiger charge is 2.19. The number of hydrogen-bond donors (Lipinski definition) is 1. The first-order chi connectivity index (χ1) is 7.66. The topological polar surface area (TPSA) is 55.1 Å². The first-order valence-corrected chi connectivity index (χ1v) is 4.94. The molecule has 0 aliphatic rings. The predicted molar refractivity (Wildman–Crippen MR) is 61.6 cm³/mol. The summed E-state index contributed by atoms with van der Waals surface area (Å²) in [7, 11) is 0. The SMILES string of the molecule is C=CCn1c(C(=O)O)c(C)c2ncccc21. The lowest BCUT2D eigenvalue weighted by Gasteiger charge is -2.04. The van der Waals surface area contributed by atoms with Gasteiger partial charge in [0.15, 0.2) is 0 Å². The highest BCUT2D eigenvalue weighted by molar-refractivity contribution is 5.96. The van der Waals surface area contributed by atoms with Crippen LogP contribution in [0.3, 0.4) is 0 Å². The van der Waals surface area contributed by atoms with Crippen molar-refractivity contribution in [3.63, 3.8) is 0 Å². The number of rotatable bonds is 3. The van der Waals surface area contributed by atoms with Gasteiger partial charge in [-0.15, -0.1) is 6.58 Å². The molecule has 16 heavy (non-hydrogen) atoms. The molecule has 0 radical (unpaired) electrons. The van der Waals surface area contributed by atoms with Crippen LogP contribution in [0.15, 0.2) is 31.0 Å². The number of carbonyl (C=O) groups is 1. The van der Waals surface area contributed by atoms with Gasteiger partial charge >= 0.3 is 5.97 Å². The van der Waals surface area contributed by atoms with Crippen molar-refractivity contribution in [2.75, 3.05) is 0 Å². The molecule has 0 aliphatic carbocycles. The number of carboxylic acids is 1. The van der Waals surface area contributed by atoms with E-state index in [1.54, 1.807) is 29.8 Å². The molecule has 1 N–H and O–H groups in total. The summed E-state index contributed by atoms with van der Waals surface area (Å²) in [6.45, 7) is 5.88. The number of pyridine rings is 1. The molecule has 4 heteroatoms. The summed E-state index contributed by atoms with van der Waals surface area (Å²) >= 11 is 0. The molecule has 0 atom stereocenters. The quantitative estimate of drug-likeness (QED) is 0.800. The minimum Gasteiger partial charge on any atom is -0.477 e. The Bertz CT molecular complexity index is 570. The lowest BCUT2D eigenvalue weighted by Crippen LogP contribution is -2.08. The zero-order valence-corrected chi connectivity index (χ0v) is 8.97. The Morgan fingerprint density at radius 3 is 3.06 bits per heavy atom. The summed E-state index contributed by atoms with van der Waals surface area (Å²) in [5.74, 6) is -0.933. The standard InChI is InChI=1S/C12H12N2O2/c1-3-7-14-9-5-4-6-13-10(9)8(2)11(14)12(15)16/h3-6H,1,7H2,2H3,(H,15,16). The first-order valence-electron chi connectivity index (χ1n) is 4.94. The van der Waals surface area contributed by atoms with Crippen LogP contribution in [0.2, 0.25) is 0 Å². The molecule has 2 heterocycles. The number of nitrogens with zero attached hydrogens (tertiary/aromatic N) is 2. The number of aromatic nitrogens is 2. The Labute approximate surface area is 92.8 Å². The molecule has 82 valence electrons. The molecule has 2 rings (SSSR count). The third-order valence-corrected chi connectivity index (χ3v) is 2.57. The number of fused-ring (bicyclic) bond motifs is 1. The van der Waals surface area contributed by atoms with Crippen molar-refractivity contribution >= 4 is 17.0 Å². The average molecular weight is 216 g/mol. The maximum absolute atomic E-state index is 11.2. The van der Waals surface area contributed by atoms with E-state index in [1.165, 1.54) is 0 Å². The van der Waals surface area contributed by atoms with Gasteiger partial charge in [-0.3, -0.25) is 4.98 Å². The monoisotopic (exact) mass is 216 g/mol.